The van der Waals surface area contributed by atoms with Crippen molar-refractivity contribution in [2.24, 2.45) is 0 Å². The van der Waals surface area contributed by atoms with E-state index in [1.54, 1.807) is 12.5 Å². The molecule has 0 amide bonds. The molecule has 2 aromatic rings. The third-order valence-electron chi connectivity index (χ3n) is 3.83. The Labute approximate surface area is 135 Å². The summed E-state index contributed by atoms with van der Waals surface area (Å²) in [5.74, 6) is 1.69. The smallest absolute Gasteiger partial charge is 0.148 e. The van der Waals surface area contributed by atoms with Crippen molar-refractivity contribution in [1.82, 2.24) is 19.9 Å². The molecule has 0 saturated carbocycles. The minimum absolute atomic E-state index is 0.293. The van der Waals surface area contributed by atoms with Crippen LogP contribution in [-0.4, -0.2) is 39.1 Å². The summed E-state index contributed by atoms with van der Waals surface area (Å²) in [5.41, 5.74) is 1.07. The van der Waals surface area contributed by atoms with Crippen LogP contribution in [0.3, 0.4) is 0 Å². The van der Waals surface area contributed by atoms with Gasteiger partial charge in [-0.2, -0.15) is 0 Å². The Kier molecular flexibility index (Phi) is 4.68. The number of rotatable bonds is 4. The molecule has 0 spiro atoms. The van der Waals surface area contributed by atoms with Gasteiger partial charge in [-0.25, -0.2) is 19.9 Å². The molecule has 3 heterocycles. The van der Waals surface area contributed by atoms with Crippen LogP contribution >= 0.6 is 11.6 Å². The fourth-order valence-corrected chi connectivity index (χ4v) is 2.83. The van der Waals surface area contributed by atoms with E-state index >= 15 is 0 Å². The third-order valence-corrected chi connectivity index (χ3v) is 4.10. The largest absolute Gasteiger partial charge is 0.364 e. The van der Waals surface area contributed by atoms with Gasteiger partial charge in [0.25, 0.3) is 0 Å². The number of piperidine rings is 1. The minimum Gasteiger partial charge on any atom is -0.364 e. The molecule has 0 radical (unpaired) electrons. The van der Waals surface area contributed by atoms with Gasteiger partial charge in [-0.3, -0.25) is 0 Å². The van der Waals surface area contributed by atoms with Crippen molar-refractivity contribution in [2.45, 2.75) is 32.2 Å². The lowest BCUT2D eigenvalue weighted by Gasteiger charge is -2.34. The molecule has 0 bridgehead atoms. The molecule has 1 aliphatic rings. The number of nitrogens with one attached hydrogen (secondary N) is 1. The first-order valence-corrected chi connectivity index (χ1v) is 7.92. The van der Waals surface area contributed by atoms with E-state index in [0.29, 0.717) is 16.9 Å². The SMILES string of the molecule is CCc1cc(N2CCCC(Nc3ncncc3Cl)C2)ncn1. The lowest BCUT2D eigenvalue weighted by molar-refractivity contribution is 0.525. The first-order valence-electron chi connectivity index (χ1n) is 7.54. The van der Waals surface area contributed by atoms with Crippen molar-refractivity contribution >= 4 is 23.2 Å². The average Bonchev–Trinajstić information content (AvgIpc) is 2.57. The Bertz CT molecular complexity index is 635. The van der Waals surface area contributed by atoms with E-state index in [1.807, 2.05) is 0 Å². The van der Waals surface area contributed by atoms with Crippen LogP contribution in [0, 0.1) is 0 Å². The van der Waals surface area contributed by atoms with Gasteiger partial charge in [0.1, 0.15) is 29.3 Å². The number of hydrogen-bond acceptors (Lipinski definition) is 6. The van der Waals surface area contributed by atoms with Gasteiger partial charge in [0, 0.05) is 30.9 Å². The molecule has 22 heavy (non-hydrogen) atoms. The van der Waals surface area contributed by atoms with Gasteiger partial charge in [-0.05, 0) is 19.3 Å². The highest BCUT2D eigenvalue weighted by atomic mass is 35.5. The summed E-state index contributed by atoms with van der Waals surface area (Å²) >= 11 is 6.11. The third kappa shape index (κ3) is 3.44. The van der Waals surface area contributed by atoms with Gasteiger partial charge in [0.05, 0.1) is 6.20 Å². The van der Waals surface area contributed by atoms with E-state index in [1.165, 1.54) is 6.33 Å². The summed E-state index contributed by atoms with van der Waals surface area (Å²) in [5, 5.41) is 3.96. The highest BCUT2D eigenvalue weighted by Crippen LogP contribution is 2.23. The fraction of sp³-hybridized carbons (Fsp3) is 0.467. The molecule has 1 saturated heterocycles. The predicted molar refractivity (Wildman–Crippen MR) is 87.3 cm³/mol. The van der Waals surface area contributed by atoms with Crippen LogP contribution in [0.4, 0.5) is 11.6 Å². The van der Waals surface area contributed by atoms with Crippen molar-refractivity contribution in [2.75, 3.05) is 23.3 Å². The van der Waals surface area contributed by atoms with Crippen molar-refractivity contribution in [1.29, 1.82) is 0 Å². The lowest BCUT2D eigenvalue weighted by Crippen LogP contribution is -2.42. The lowest BCUT2D eigenvalue weighted by atomic mass is 10.1. The Morgan fingerprint density at radius 2 is 2.23 bits per heavy atom. The van der Waals surface area contributed by atoms with Crippen LogP contribution in [0.2, 0.25) is 5.02 Å². The summed E-state index contributed by atoms with van der Waals surface area (Å²) in [6, 6.07) is 2.36. The van der Waals surface area contributed by atoms with E-state index in [0.717, 1.165) is 43.9 Å². The van der Waals surface area contributed by atoms with Crippen molar-refractivity contribution in [3.8, 4) is 0 Å². The molecule has 116 valence electrons. The maximum atomic E-state index is 6.11. The highest BCUT2D eigenvalue weighted by Gasteiger charge is 2.22. The Hall–Kier alpha value is -1.95. The Balaban J connectivity index is 1.70. The second kappa shape index (κ2) is 6.87. The second-order valence-electron chi connectivity index (χ2n) is 5.37. The number of hydrogen-bond donors (Lipinski definition) is 1. The van der Waals surface area contributed by atoms with E-state index in [9.17, 15) is 0 Å². The quantitative estimate of drug-likeness (QED) is 0.934. The number of halogens is 1. The van der Waals surface area contributed by atoms with Gasteiger partial charge >= 0.3 is 0 Å². The van der Waals surface area contributed by atoms with Crippen LogP contribution in [0.1, 0.15) is 25.5 Å². The van der Waals surface area contributed by atoms with E-state index in [-0.39, 0.29) is 0 Å². The minimum atomic E-state index is 0.293. The molecule has 1 atom stereocenters. The molecule has 2 aromatic heterocycles. The van der Waals surface area contributed by atoms with Crippen LogP contribution in [0.15, 0.2) is 24.9 Å². The number of aromatic nitrogens is 4. The monoisotopic (exact) mass is 318 g/mol. The fourth-order valence-electron chi connectivity index (χ4n) is 2.67. The zero-order valence-corrected chi connectivity index (χ0v) is 13.3. The van der Waals surface area contributed by atoms with Crippen molar-refractivity contribution in [3.05, 3.63) is 35.6 Å². The van der Waals surface area contributed by atoms with Crippen LogP contribution < -0.4 is 10.2 Å². The van der Waals surface area contributed by atoms with Crippen molar-refractivity contribution in [3.63, 3.8) is 0 Å². The first-order chi connectivity index (χ1) is 10.8. The Morgan fingerprint density at radius 1 is 1.32 bits per heavy atom. The van der Waals surface area contributed by atoms with Crippen LogP contribution in [0.5, 0.6) is 0 Å². The van der Waals surface area contributed by atoms with E-state index < -0.39 is 0 Å². The number of aryl methyl sites for hydroxylation is 1. The van der Waals surface area contributed by atoms with Crippen LogP contribution in [-0.2, 0) is 6.42 Å². The second-order valence-corrected chi connectivity index (χ2v) is 5.78. The topological polar surface area (TPSA) is 66.8 Å². The molecule has 6 nitrogen and oxygen atoms in total. The highest BCUT2D eigenvalue weighted by molar-refractivity contribution is 6.32. The molecule has 0 aromatic carbocycles. The molecule has 1 unspecified atom stereocenters. The maximum Gasteiger partial charge on any atom is 0.148 e. The summed E-state index contributed by atoms with van der Waals surface area (Å²) < 4.78 is 0. The first kappa shape index (κ1) is 15.0. The average molecular weight is 319 g/mol. The molecule has 7 heteroatoms. The number of nitrogens with zero attached hydrogens (tertiary/aromatic N) is 5. The number of anilines is 2. The molecule has 3 rings (SSSR count). The van der Waals surface area contributed by atoms with Crippen molar-refractivity contribution < 1.29 is 0 Å². The summed E-state index contributed by atoms with van der Waals surface area (Å²) in [6.45, 7) is 3.99. The maximum absolute atomic E-state index is 6.11. The van der Waals surface area contributed by atoms with E-state index in [2.05, 4.69) is 43.1 Å². The predicted octanol–water partition coefficient (Wildman–Crippen LogP) is 2.56. The molecule has 0 aliphatic carbocycles. The summed E-state index contributed by atoms with van der Waals surface area (Å²) in [4.78, 5) is 19.1. The van der Waals surface area contributed by atoms with Gasteiger partial charge in [-0.1, -0.05) is 18.5 Å². The summed E-state index contributed by atoms with van der Waals surface area (Å²) in [7, 11) is 0. The molecule has 1 N–H and O–H groups in total. The van der Waals surface area contributed by atoms with Crippen LogP contribution in [0.25, 0.3) is 0 Å². The normalized spacial score (nSPS) is 18.3. The van der Waals surface area contributed by atoms with Gasteiger partial charge < -0.3 is 10.2 Å². The molecule has 1 aliphatic heterocycles. The molecular weight excluding hydrogens is 300 g/mol. The standard InChI is InChI=1S/C15H19ClN6/c1-2-11-6-14(19-10-18-11)22-5-3-4-12(8-22)21-15-13(16)7-17-9-20-15/h6-7,9-10,12H,2-5,8H2,1H3,(H,17,20,21). The molecular formula is C15H19ClN6. The van der Waals surface area contributed by atoms with Gasteiger partial charge in [0.15, 0.2) is 0 Å². The molecule has 1 fully saturated rings. The van der Waals surface area contributed by atoms with Gasteiger partial charge in [0.2, 0.25) is 0 Å². The zero-order valence-electron chi connectivity index (χ0n) is 12.5. The Morgan fingerprint density at radius 3 is 3.05 bits per heavy atom. The van der Waals surface area contributed by atoms with Gasteiger partial charge in [-0.15, -0.1) is 0 Å². The summed E-state index contributed by atoms with van der Waals surface area (Å²) in [6.07, 6.45) is 7.87. The van der Waals surface area contributed by atoms with E-state index in [4.69, 9.17) is 11.6 Å². The zero-order chi connectivity index (χ0) is 15.4.